The highest BCUT2D eigenvalue weighted by molar-refractivity contribution is 7.91. The Bertz CT molecular complexity index is 1100. The standard InChI is InChI=1S/C22H26N4O2S/c1-15-21(16(2)26(25-15)20-7-8-29(27,28)14-20)6-5-17-9-18(19(12-23)13-24)11-22(3,4)10-17/h5-6,9,20H,7-8,10-11,14H2,1-4H3/b6-5+/t20-/m0/s1. The van der Waals surface area contributed by atoms with Crippen molar-refractivity contribution in [2.24, 2.45) is 5.41 Å². The molecule has 2 aliphatic rings. The normalized spacial score (nSPS) is 22.9. The van der Waals surface area contributed by atoms with E-state index in [1.165, 1.54) is 0 Å². The minimum atomic E-state index is -2.97. The van der Waals surface area contributed by atoms with Crippen molar-refractivity contribution in [2.75, 3.05) is 11.5 Å². The van der Waals surface area contributed by atoms with Gasteiger partial charge >= 0.3 is 0 Å². The molecule has 0 N–H and O–H groups in total. The highest BCUT2D eigenvalue weighted by Crippen LogP contribution is 2.39. The molecule has 0 saturated carbocycles. The van der Waals surface area contributed by atoms with Crippen LogP contribution in [0.15, 0.2) is 28.9 Å². The molecule has 7 heteroatoms. The fourth-order valence-electron chi connectivity index (χ4n) is 4.32. The first-order valence-corrected chi connectivity index (χ1v) is 11.6. The first-order chi connectivity index (χ1) is 13.5. The summed E-state index contributed by atoms with van der Waals surface area (Å²) < 4.78 is 25.5. The van der Waals surface area contributed by atoms with E-state index >= 15 is 0 Å². The summed E-state index contributed by atoms with van der Waals surface area (Å²) in [5.74, 6) is 0.370. The minimum absolute atomic E-state index is 0.0326. The van der Waals surface area contributed by atoms with Gasteiger partial charge in [-0.3, -0.25) is 4.68 Å². The number of hydrogen-bond acceptors (Lipinski definition) is 5. The number of aromatic nitrogens is 2. The van der Waals surface area contributed by atoms with Gasteiger partial charge in [-0.05, 0) is 49.7 Å². The molecule has 1 aliphatic heterocycles. The molecule has 0 unspecified atom stereocenters. The van der Waals surface area contributed by atoms with E-state index in [0.717, 1.165) is 34.5 Å². The Morgan fingerprint density at radius 2 is 1.93 bits per heavy atom. The third kappa shape index (κ3) is 4.52. The summed E-state index contributed by atoms with van der Waals surface area (Å²) in [6.07, 6.45) is 8.15. The van der Waals surface area contributed by atoms with Crippen LogP contribution in [0.3, 0.4) is 0 Å². The average Bonchev–Trinajstić information content (AvgIpc) is 3.12. The van der Waals surface area contributed by atoms with E-state index in [4.69, 9.17) is 0 Å². The summed E-state index contributed by atoms with van der Waals surface area (Å²) in [6, 6.07) is 3.90. The van der Waals surface area contributed by atoms with Gasteiger partial charge in [0.25, 0.3) is 0 Å². The van der Waals surface area contributed by atoms with Crippen LogP contribution in [0.4, 0.5) is 0 Å². The van der Waals surface area contributed by atoms with Crippen LogP contribution in [0.1, 0.15) is 56.1 Å². The quantitative estimate of drug-likeness (QED) is 0.702. The summed E-state index contributed by atoms with van der Waals surface area (Å²) in [5.41, 5.74) is 4.80. The fraction of sp³-hybridized carbons (Fsp3) is 0.500. The van der Waals surface area contributed by atoms with E-state index < -0.39 is 9.84 Å². The summed E-state index contributed by atoms with van der Waals surface area (Å²) in [5, 5.41) is 23.1. The average molecular weight is 411 g/mol. The lowest BCUT2D eigenvalue weighted by Crippen LogP contribution is -2.17. The Balaban J connectivity index is 1.93. The molecule has 3 rings (SSSR count). The van der Waals surface area contributed by atoms with Gasteiger partial charge in [0.1, 0.15) is 17.7 Å². The van der Waals surface area contributed by atoms with Gasteiger partial charge in [-0.15, -0.1) is 0 Å². The van der Waals surface area contributed by atoms with Gasteiger partial charge < -0.3 is 0 Å². The molecule has 0 radical (unpaired) electrons. The smallest absolute Gasteiger partial charge is 0.152 e. The molecule has 1 aromatic heterocycles. The van der Waals surface area contributed by atoms with Gasteiger partial charge in [-0.2, -0.15) is 15.6 Å². The first-order valence-electron chi connectivity index (χ1n) is 9.73. The van der Waals surface area contributed by atoms with E-state index in [1.54, 1.807) is 0 Å². The Labute approximate surface area is 172 Å². The summed E-state index contributed by atoms with van der Waals surface area (Å²) >= 11 is 0. The Hall–Kier alpha value is -2.64. The fourth-order valence-corrected chi connectivity index (χ4v) is 6.02. The van der Waals surface area contributed by atoms with Gasteiger partial charge in [0.15, 0.2) is 9.84 Å². The van der Waals surface area contributed by atoms with Crippen molar-refractivity contribution >= 4 is 15.9 Å². The SMILES string of the molecule is Cc1nn([C@H]2CCS(=O)(=O)C2)c(C)c1/C=C/C1=CC(=C(C#N)C#N)CC(C)(C)C1. The maximum Gasteiger partial charge on any atom is 0.152 e. The summed E-state index contributed by atoms with van der Waals surface area (Å²) in [6.45, 7) is 8.17. The van der Waals surface area contributed by atoms with E-state index in [0.29, 0.717) is 12.8 Å². The van der Waals surface area contributed by atoms with Crippen LogP contribution < -0.4 is 0 Å². The molecule has 1 aromatic rings. The number of nitrogens with zero attached hydrogens (tertiary/aromatic N) is 4. The van der Waals surface area contributed by atoms with E-state index in [-0.39, 0.29) is 28.5 Å². The van der Waals surface area contributed by atoms with Crippen LogP contribution in [0.2, 0.25) is 0 Å². The third-order valence-electron chi connectivity index (χ3n) is 5.66. The number of nitriles is 2. The second-order valence-corrected chi connectivity index (χ2v) is 11.0. The van der Waals surface area contributed by atoms with Crippen molar-refractivity contribution < 1.29 is 8.42 Å². The van der Waals surface area contributed by atoms with Crippen molar-refractivity contribution in [3.63, 3.8) is 0 Å². The molecule has 6 nitrogen and oxygen atoms in total. The molecule has 0 bridgehead atoms. The van der Waals surface area contributed by atoms with E-state index in [9.17, 15) is 18.9 Å². The molecule has 0 aromatic carbocycles. The predicted octanol–water partition coefficient (Wildman–Crippen LogP) is 3.96. The second kappa shape index (κ2) is 7.65. The highest BCUT2D eigenvalue weighted by Gasteiger charge is 2.31. The van der Waals surface area contributed by atoms with Crippen molar-refractivity contribution in [2.45, 2.75) is 53.0 Å². The number of hydrogen-bond donors (Lipinski definition) is 0. The zero-order chi connectivity index (χ0) is 21.4. The van der Waals surface area contributed by atoms with Gasteiger partial charge in [-0.25, -0.2) is 8.42 Å². The molecule has 0 amide bonds. The molecule has 2 heterocycles. The van der Waals surface area contributed by atoms with Crippen molar-refractivity contribution in [3.8, 4) is 12.1 Å². The Morgan fingerprint density at radius 3 is 2.52 bits per heavy atom. The van der Waals surface area contributed by atoms with Crippen LogP contribution in [-0.4, -0.2) is 29.7 Å². The van der Waals surface area contributed by atoms with Crippen LogP contribution in [-0.2, 0) is 9.84 Å². The van der Waals surface area contributed by atoms with E-state index in [1.807, 2.05) is 48.9 Å². The van der Waals surface area contributed by atoms with E-state index in [2.05, 4.69) is 18.9 Å². The monoisotopic (exact) mass is 410 g/mol. The summed E-state index contributed by atoms with van der Waals surface area (Å²) in [7, 11) is -2.97. The minimum Gasteiger partial charge on any atom is -0.265 e. The van der Waals surface area contributed by atoms with Crippen molar-refractivity contribution in [1.82, 2.24) is 9.78 Å². The molecule has 152 valence electrons. The lowest BCUT2D eigenvalue weighted by molar-refractivity contribution is 0.354. The first kappa shape index (κ1) is 21.1. The van der Waals surface area contributed by atoms with Crippen LogP contribution >= 0.6 is 0 Å². The second-order valence-electron chi connectivity index (χ2n) is 8.78. The number of rotatable bonds is 3. The maximum absolute atomic E-state index is 11.8. The molecule has 1 atom stereocenters. The van der Waals surface area contributed by atoms with Crippen LogP contribution in [0, 0.1) is 41.9 Å². The molecule has 1 aliphatic carbocycles. The molecular formula is C22H26N4O2S. The predicted molar refractivity (Wildman–Crippen MR) is 112 cm³/mol. The lowest BCUT2D eigenvalue weighted by atomic mass is 9.74. The summed E-state index contributed by atoms with van der Waals surface area (Å²) in [4.78, 5) is 0. The van der Waals surface area contributed by atoms with Gasteiger partial charge in [0.05, 0.1) is 23.2 Å². The number of allylic oxidation sites excluding steroid dienone is 5. The number of aryl methyl sites for hydroxylation is 1. The zero-order valence-electron chi connectivity index (χ0n) is 17.4. The maximum atomic E-state index is 11.8. The zero-order valence-corrected chi connectivity index (χ0v) is 18.2. The molecule has 29 heavy (non-hydrogen) atoms. The van der Waals surface area contributed by atoms with Gasteiger partial charge in [0, 0.05) is 11.3 Å². The molecule has 1 fully saturated rings. The third-order valence-corrected chi connectivity index (χ3v) is 7.41. The Morgan fingerprint density at radius 1 is 1.24 bits per heavy atom. The van der Waals surface area contributed by atoms with Crippen LogP contribution in [0.5, 0.6) is 0 Å². The Kier molecular flexibility index (Phi) is 5.56. The van der Waals surface area contributed by atoms with Gasteiger partial charge in [-0.1, -0.05) is 32.1 Å². The molecule has 0 spiro atoms. The van der Waals surface area contributed by atoms with Crippen LogP contribution in [0.25, 0.3) is 6.08 Å². The molecule has 1 saturated heterocycles. The molecular weight excluding hydrogens is 384 g/mol. The number of sulfone groups is 1. The highest BCUT2D eigenvalue weighted by atomic mass is 32.2. The van der Waals surface area contributed by atoms with Crippen molar-refractivity contribution in [1.29, 1.82) is 10.5 Å². The topological polar surface area (TPSA) is 99.5 Å². The largest absolute Gasteiger partial charge is 0.265 e. The lowest BCUT2D eigenvalue weighted by Gasteiger charge is -2.30. The van der Waals surface area contributed by atoms with Gasteiger partial charge in [0.2, 0.25) is 0 Å². The van der Waals surface area contributed by atoms with Crippen molar-refractivity contribution in [3.05, 3.63) is 45.8 Å².